The van der Waals surface area contributed by atoms with Gasteiger partial charge in [0.15, 0.2) is 0 Å². The monoisotopic (exact) mass is 305 g/mol. The Morgan fingerprint density at radius 3 is 1.94 bits per heavy atom. The molecule has 0 radical (unpaired) electrons. The standard InChI is InChI=1S/C9H11NO4S2.2Na/c1-3-5(7(11)12)10-9(15)16-6(4-2)8(13)14;;/h3-6H,1-2H2,(H,10,15)(H,11,12)(H,13,14);;/q;2*+1/p-2. The van der Waals surface area contributed by atoms with Gasteiger partial charge < -0.3 is 25.1 Å². The molecule has 0 bridgehead atoms. The van der Waals surface area contributed by atoms with Crippen molar-refractivity contribution in [3.63, 3.8) is 0 Å². The van der Waals surface area contributed by atoms with Crippen molar-refractivity contribution in [1.29, 1.82) is 0 Å². The molecular weight excluding hydrogens is 296 g/mol. The Kier molecular flexibility index (Phi) is 16.7. The Morgan fingerprint density at radius 2 is 1.67 bits per heavy atom. The Morgan fingerprint density at radius 1 is 1.17 bits per heavy atom. The summed E-state index contributed by atoms with van der Waals surface area (Å²) < 4.78 is -0.0109. The minimum Gasteiger partial charge on any atom is -0.549 e. The number of thiocarbonyl (C=S) groups is 1. The molecule has 2 atom stereocenters. The van der Waals surface area contributed by atoms with Crippen LogP contribution in [-0.4, -0.2) is 27.6 Å². The molecule has 0 aromatic heterocycles. The third-order valence-corrected chi connectivity index (χ3v) is 2.82. The van der Waals surface area contributed by atoms with Crippen molar-refractivity contribution in [2.45, 2.75) is 11.3 Å². The fraction of sp³-hybridized carbons (Fsp3) is 0.222. The molecule has 0 amide bonds. The SMILES string of the molecule is C=CC(NC(=S)SC(C=C)C(=O)[O-])C(=O)[O-].[Na+].[Na+]. The fourth-order valence-electron chi connectivity index (χ4n) is 0.683. The summed E-state index contributed by atoms with van der Waals surface area (Å²) in [5, 5.41) is 22.3. The third-order valence-electron chi connectivity index (χ3n) is 1.44. The number of carbonyl (C=O) groups is 2. The molecular formula is C9H9NNa2O4S2. The molecule has 0 aliphatic carbocycles. The number of carboxylic acids is 2. The first-order valence-electron chi connectivity index (χ1n) is 4.06. The average Bonchev–Trinajstić information content (AvgIpc) is 2.21. The molecule has 0 spiro atoms. The second-order valence-electron chi connectivity index (χ2n) is 2.56. The van der Waals surface area contributed by atoms with Crippen LogP contribution in [0.4, 0.5) is 0 Å². The van der Waals surface area contributed by atoms with Gasteiger partial charge in [0.25, 0.3) is 0 Å². The Bertz CT molecular complexity index is 309. The van der Waals surface area contributed by atoms with E-state index in [4.69, 9.17) is 12.2 Å². The van der Waals surface area contributed by atoms with Gasteiger partial charge in [-0.05, 0) is 0 Å². The largest absolute Gasteiger partial charge is 1.00 e. The summed E-state index contributed by atoms with van der Waals surface area (Å²) >= 11 is 5.47. The number of hydrogen-bond acceptors (Lipinski definition) is 6. The van der Waals surface area contributed by atoms with Gasteiger partial charge >= 0.3 is 59.1 Å². The normalized spacial score (nSPS) is 11.8. The summed E-state index contributed by atoms with van der Waals surface area (Å²) in [7, 11) is 0. The molecule has 0 aromatic carbocycles. The average molecular weight is 305 g/mol. The second kappa shape index (κ2) is 12.7. The van der Waals surface area contributed by atoms with E-state index in [2.05, 4.69) is 18.5 Å². The number of hydrogen-bond donors (Lipinski definition) is 1. The van der Waals surface area contributed by atoms with Crippen LogP contribution in [0.15, 0.2) is 25.3 Å². The van der Waals surface area contributed by atoms with Crippen molar-refractivity contribution in [3.05, 3.63) is 25.3 Å². The maximum absolute atomic E-state index is 10.5. The molecule has 18 heavy (non-hydrogen) atoms. The van der Waals surface area contributed by atoms with Gasteiger partial charge in [-0.15, -0.1) is 13.2 Å². The summed E-state index contributed by atoms with van der Waals surface area (Å²) in [5.41, 5.74) is 0. The van der Waals surface area contributed by atoms with Crippen LogP contribution in [0.5, 0.6) is 0 Å². The molecule has 0 saturated carbocycles. The molecule has 0 fully saturated rings. The molecule has 0 rings (SSSR count). The zero-order chi connectivity index (χ0) is 12.7. The molecule has 0 aliphatic heterocycles. The zero-order valence-corrected chi connectivity index (χ0v) is 15.8. The summed E-state index contributed by atoms with van der Waals surface area (Å²) in [6.45, 7) is 6.56. The Labute approximate surface area is 159 Å². The van der Waals surface area contributed by atoms with Crippen LogP contribution in [0.3, 0.4) is 0 Å². The predicted octanol–water partition coefficient (Wildman–Crippen LogP) is -7.79. The molecule has 5 nitrogen and oxygen atoms in total. The number of aliphatic carboxylic acids is 2. The molecule has 88 valence electrons. The van der Waals surface area contributed by atoms with Crippen molar-refractivity contribution >= 4 is 40.2 Å². The number of nitrogens with one attached hydrogen (secondary N) is 1. The van der Waals surface area contributed by atoms with Crippen LogP contribution in [0, 0.1) is 0 Å². The predicted molar refractivity (Wildman–Crippen MR) is 61.3 cm³/mol. The topological polar surface area (TPSA) is 92.3 Å². The van der Waals surface area contributed by atoms with E-state index in [9.17, 15) is 19.8 Å². The van der Waals surface area contributed by atoms with Crippen molar-refractivity contribution in [1.82, 2.24) is 5.32 Å². The minimum atomic E-state index is -1.40. The van der Waals surface area contributed by atoms with Gasteiger partial charge in [-0.3, -0.25) is 0 Å². The van der Waals surface area contributed by atoms with Crippen molar-refractivity contribution in [2.75, 3.05) is 0 Å². The van der Waals surface area contributed by atoms with Crippen LogP contribution < -0.4 is 74.6 Å². The first-order chi connectivity index (χ1) is 7.42. The van der Waals surface area contributed by atoms with Crippen LogP contribution in [-0.2, 0) is 9.59 Å². The summed E-state index contributed by atoms with van der Waals surface area (Å²) in [4.78, 5) is 21.0. The second-order valence-corrected chi connectivity index (χ2v) is 4.38. The van der Waals surface area contributed by atoms with Crippen LogP contribution in [0.2, 0.25) is 0 Å². The third kappa shape index (κ3) is 9.57. The smallest absolute Gasteiger partial charge is 0.549 e. The first kappa shape index (κ1) is 23.7. The van der Waals surface area contributed by atoms with E-state index >= 15 is 0 Å². The first-order valence-corrected chi connectivity index (χ1v) is 5.35. The molecule has 1 N–H and O–H groups in total. The van der Waals surface area contributed by atoms with Crippen LogP contribution in [0.1, 0.15) is 0 Å². The number of thioether (sulfide) groups is 1. The summed E-state index contributed by atoms with van der Waals surface area (Å²) in [6, 6.07) is -1.16. The molecule has 0 heterocycles. The van der Waals surface area contributed by atoms with E-state index in [1.807, 2.05) is 0 Å². The van der Waals surface area contributed by atoms with E-state index in [1.165, 1.54) is 0 Å². The van der Waals surface area contributed by atoms with E-state index < -0.39 is 23.2 Å². The van der Waals surface area contributed by atoms with Gasteiger partial charge in [0.1, 0.15) is 4.32 Å². The van der Waals surface area contributed by atoms with Gasteiger partial charge in [0, 0.05) is 0 Å². The van der Waals surface area contributed by atoms with Gasteiger partial charge in [0.2, 0.25) is 0 Å². The van der Waals surface area contributed by atoms with Crippen molar-refractivity contribution in [3.8, 4) is 0 Å². The van der Waals surface area contributed by atoms with Gasteiger partial charge in [-0.2, -0.15) is 0 Å². The Balaban J connectivity index is -0.00000112. The van der Waals surface area contributed by atoms with Crippen LogP contribution in [0.25, 0.3) is 0 Å². The zero-order valence-electron chi connectivity index (χ0n) is 10.2. The minimum absolute atomic E-state index is 0. The van der Waals surface area contributed by atoms with Crippen molar-refractivity contribution in [2.24, 2.45) is 0 Å². The fourth-order valence-corrected chi connectivity index (χ4v) is 1.74. The van der Waals surface area contributed by atoms with E-state index in [-0.39, 0.29) is 63.4 Å². The summed E-state index contributed by atoms with van der Waals surface area (Å²) in [6.07, 6.45) is 2.22. The Hall–Kier alpha value is 0.660. The van der Waals surface area contributed by atoms with E-state index in [0.717, 1.165) is 12.2 Å². The van der Waals surface area contributed by atoms with Gasteiger partial charge in [-0.1, -0.05) is 36.1 Å². The van der Waals surface area contributed by atoms with E-state index in [0.29, 0.717) is 11.8 Å². The van der Waals surface area contributed by atoms with Gasteiger partial charge in [-0.25, -0.2) is 0 Å². The molecule has 9 heteroatoms. The molecule has 2 unspecified atom stereocenters. The number of rotatable bonds is 6. The maximum atomic E-state index is 10.5. The van der Waals surface area contributed by atoms with Gasteiger partial charge in [0.05, 0.1) is 23.2 Å². The molecule has 0 aliphatic rings. The summed E-state index contributed by atoms with van der Waals surface area (Å²) in [5.74, 6) is -2.76. The number of carboxylic acid groups (broad SMARTS) is 2. The van der Waals surface area contributed by atoms with Crippen LogP contribution >= 0.6 is 24.0 Å². The van der Waals surface area contributed by atoms with Crippen molar-refractivity contribution < 1.29 is 78.9 Å². The van der Waals surface area contributed by atoms with E-state index in [1.54, 1.807) is 0 Å². The molecule has 0 saturated heterocycles. The quantitative estimate of drug-likeness (QED) is 0.296. The number of carbonyl (C=O) groups excluding carboxylic acids is 2. The molecule has 0 aromatic rings. The maximum Gasteiger partial charge on any atom is 1.00 e.